The Balaban J connectivity index is 1.60. The highest BCUT2D eigenvalue weighted by Gasteiger charge is 2.29. The van der Waals surface area contributed by atoms with Gasteiger partial charge in [-0.1, -0.05) is 48.5 Å². The standard InChI is InChI=1S/C28H32N2O3S/c1-20-13-14-21(2)27(17-20)30(34(32,33)26-11-5-4-6-12-26)19-28(31)29-22(3)24-16-15-23-9-7-8-10-25(23)18-24/h4-6,11-18,22H,7-10,19H2,1-3H3,(H,29,31)/t22-/m1/s1. The maximum absolute atomic E-state index is 13.6. The average Bonchev–Trinajstić information content (AvgIpc) is 2.84. The molecule has 34 heavy (non-hydrogen) atoms. The molecule has 0 fully saturated rings. The largest absolute Gasteiger partial charge is 0.348 e. The minimum atomic E-state index is -3.93. The molecule has 0 bridgehead atoms. The molecule has 0 unspecified atom stereocenters. The molecule has 0 radical (unpaired) electrons. The number of sulfonamides is 1. The second kappa shape index (κ2) is 10.0. The van der Waals surface area contributed by atoms with Crippen LogP contribution in [-0.4, -0.2) is 20.9 Å². The molecular weight excluding hydrogens is 444 g/mol. The topological polar surface area (TPSA) is 66.5 Å². The van der Waals surface area contributed by atoms with Gasteiger partial charge in [-0.25, -0.2) is 8.42 Å². The zero-order valence-corrected chi connectivity index (χ0v) is 20.9. The van der Waals surface area contributed by atoms with Gasteiger partial charge in [0, 0.05) is 0 Å². The van der Waals surface area contributed by atoms with Crippen LogP contribution >= 0.6 is 0 Å². The first-order valence-corrected chi connectivity index (χ1v) is 13.3. The smallest absolute Gasteiger partial charge is 0.264 e. The minimum absolute atomic E-state index is 0.159. The summed E-state index contributed by atoms with van der Waals surface area (Å²) in [6, 6.07) is 20.1. The Hall–Kier alpha value is -3.12. The van der Waals surface area contributed by atoms with Gasteiger partial charge in [0.2, 0.25) is 5.91 Å². The summed E-state index contributed by atoms with van der Waals surface area (Å²) in [5, 5.41) is 3.02. The lowest BCUT2D eigenvalue weighted by Crippen LogP contribution is -2.42. The van der Waals surface area contributed by atoms with Crippen molar-refractivity contribution >= 4 is 21.6 Å². The maximum atomic E-state index is 13.6. The van der Waals surface area contributed by atoms with Crippen molar-refractivity contribution in [1.29, 1.82) is 0 Å². The molecule has 3 aromatic carbocycles. The van der Waals surface area contributed by atoms with Gasteiger partial charge in [0.05, 0.1) is 16.6 Å². The second-order valence-electron chi connectivity index (χ2n) is 9.14. The molecule has 4 rings (SSSR count). The van der Waals surface area contributed by atoms with Crippen LogP contribution in [0.4, 0.5) is 5.69 Å². The van der Waals surface area contributed by atoms with Crippen molar-refractivity contribution in [3.05, 3.63) is 94.5 Å². The molecule has 1 atom stereocenters. The Morgan fingerprint density at radius 3 is 2.38 bits per heavy atom. The first kappa shape index (κ1) is 24.0. The second-order valence-corrected chi connectivity index (χ2v) is 11.0. The van der Waals surface area contributed by atoms with Crippen molar-refractivity contribution < 1.29 is 13.2 Å². The summed E-state index contributed by atoms with van der Waals surface area (Å²) in [5.41, 5.74) is 6.02. The van der Waals surface area contributed by atoms with Crippen LogP contribution in [0, 0.1) is 13.8 Å². The number of carbonyl (C=O) groups is 1. The number of carbonyl (C=O) groups excluding carboxylic acids is 1. The summed E-state index contributed by atoms with van der Waals surface area (Å²) in [6.45, 7) is 5.41. The van der Waals surface area contributed by atoms with Crippen LogP contribution in [0.2, 0.25) is 0 Å². The Kier molecular flexibility index (Phi) is 7.08. The molecule has 0 aliphatic heterocycles. The number of rotatable bonds is 7. The van der Waals surface area contributed by atoms with Crippen molar-refractivity contribution in [2.45, 2.75) is 57.4 Å². The molecule has 1 amide bonds. The van der Waals surface area contributed by atoms with E-state index in [2.05, 4.69) is 23.5 Å². The van der Waals surface area contributed by atoms with E-state index in [1.165, 1.54) is 28.3 Å². The highest BCUT2D eigenvalue weighted by Crippen LogP contribution is 2.28. The Morgan fingerprint density at radius 2 is 1.65 bits per heavy atom. The van der Waals surface area contributed by atoms with Crippen molar-refractivity contribution in [3.8, 4) is 0 Å². The van der Waals surface area contributed by atoms with Crippen molar-refractivity contribution in [3.63, 3.8) is 0 Å². The van der Waals surface area contributed by atoms with E-state index in [0.29, 0.717) is 5.69 Å². The van der Waals surface area contributed by atoms with E-state index in [1.807, 2.05) is 39.0 Å². The van der Waals surface area contributed by atoms with Gasteiger partial charge in [0.25, 0.3) is 10.0 Å². The average molecular weight is 477 g/mol. The van der Waals surface area contributed by atoms with Crippen LogP contribution in [-0.2, 0) is 27.7 Å². The third-order valence-electron chi connectivity index (χ3n) is 6.50. The van der Waals surface area contributed by atoms with Crippen molar-refractivity contribution in [2.24, 2.45) is 0 Å². The quantitative estimate of drug-likeness (QED) is 0.506. The van der Waals surface area contributed by atoms with Crippen LogP contribution in [0.5, 0.6) is 0 Å². The SMILES string of the molecule is Cc1ccc(C)c(N(CC(=O)N[C@H](C)c2ccc3c(c2)CCCC3)S(=O)(=O)c2ccccc2)c1. The zero-order valence-electron chi connectivity index (χ0n) is 20.0. The molecule has 178 valence electrons. The molecule has 0 saturated heterocycles. The highest BCUT2D eigenvalue weighted by atomic mass is 32.2. The van der Waals surface area contributed by atoms with Crippen LogP contribution < -0.4 is 9.62 Å². The lowest BCUT2D eigenvalue weighted by atomic mass is 9.89. The van der Waals surface area contributed by atoms with Gasteiger partial charge in [-0.2, -0.15) is 0 Å². The maximum Gasteiger partial charge on any atom is 0.264 e. The van der Waals surface area contributed by atoms with Gasteiger partial charge in [-0.15, -0.1) is 0 Å². The Morgan fingerprint density at radius 1 is 0.941 bits per heavy atom. The molecule has 6 heteroatoms. The summed E-state index contributed by atoms with van der Waals surface area (Å²) in [6.07, 6.45) is 4.60. The fourth-order valence-electron chi connectivity index (χ4n) is 4.53. The predicted molar refractivity (Wildman–Crippen MR) is 137 cm³/mol. The van der Waals surface area contributed by atoms with Crippen LogP contribution in [0.25, 0.3) is 0 Å². The normalized spacial score (nSPS) is 14.2. The van der Waals surface area contributed by atoms with Crippen molar-refractivity contribution in [2.75, 3.05) is 10.8 Å². The number of benzene rings is 3. The number of anilines is 1. The molecule has 0 spiro atoms. The van der Waals surface area contributed by atoms with Crippen LogP contribution in [0.15, 0.2) is 71.6 Å². The fraction of sp³-hybridized carbons (Fsp3) is 0.321. The van der Waals surface area contributed by atoms with Crippen LogP contribution in [0.3, 0.4) is 0 Å². The zero-order chi connectivity index (χ0) is 24.3. The minimum Gasteiger partial charge on any atom is -0.348 e. The first-order chi connectivity index (χ1) is 16.3. The third kappa shape index (κ3) is 5.17. The Labute approximate surface area is 202 Å². The number of fused-ring (bicyclic) bond motifs is 1. The number of aryl methyl sites for hydroxylation is 4. The van der Waals surface area contributed by atoms with E-state index in [4.69, 9.17) is 0 Å². The first-order valence-electron chi connectivity index (χ1n) is 11.8. The summed E-state index contributed by atoms with van der Waals surface area (Å²) < 4.78 is 28.4. The fourth-order valence-corrected chi connectivity index (χ4v) is 6.03. The number of hydrogen-bond acceptors (Lipinski definition) is 3. The van der Waals surface area contributed by atoms with E-state index in [1.54, 1.807) is 30.3 Å². The monoisotopic (exact) mass is 476 g/mol. The summed E-state index contributed by atoms with van der Waals surface area (Å²) >= 11 is 0. The summed E-state index contributed by atoms with van der Waals surface area (Å²) in [7, 11) is -3.93. The number of nitrogens with one attached hydrogen (secondary N) is 1. The summed E-state index contributed by atoms with van der Waals surface area (Å²) in [4.78, 5) is 13.3. The number of amides is 1. The van der Waals surface area contributed by atoms with Gasteiger partial charge in [0.1, 0.15) is 6.54 Å². The molecule has 1 aliphatic carbocycles. The number of hydrogen-bond donors (Lipinski definition) is 1. The molecule has 3 aromatic rings. The molecule has 0 heterocycles. The molecule has 0 saturated carbocycles. The number of nitrogens with zero attached hydrogens (tertiary/aromatic N) is 1. The summed E-state index contributed by atoms with van der Waals surface area (Å²) in [5.74, 6) is -0.342. The van der Waals surface area contributed by atoms with Crippen molar-refractivity contribution in [1.82, 2.24) is 5.32 Å². The van der Waals surface area contributed by atoms with E-state index in [9.17, 15) is 13.2 Å². The lowest BCUT2D eigenvalue weighted by Gasteiger charge is -2.27. The molecule has 1 aliphatic rings. The molecular formula is C28H32N2O3S. The van der Waals surface area contributed by atoms with Crippen LogP contribution in [0.1, 0.15) is 53.6 Å². The predicted octanol–water partition coefficient (Wildman–Crippen LogP) is 5.25. The third-order valence-corrected chi connectivity index (χ3v) is 8.28. The van der Waals surface area contributed by atoms with E-state index >= 15 is 0 Å². The molecule has 5 nitrogen and oxygen atoms in total. The highest BCUT2D eigenvalue weighted by molar-refractivity contribution is 7.92. The van der Waals surface area contributed by atoms with E-state index in [0.717, 1.165) is 29.5 Å². The lowest BCUT2D eigenvalue weighted by molar-refractivity contribution is -0.120. The Bertz CT molecular complexity index is 1290. The van der Waals surface area contributed by atoms with E-state index < -0.39 is 10.0 Å². The van der Waals surface area contributed by atoms with Gasteiger partial charge < -0.3 is 5.32 Å². The molecule has 1 N–H and O–H groups in total. The van der Waals surface area contributed by atoms with Gasteiger partial charge >= 0.3 is 0 Å². The molecule has 0 aromatic heterocycles. The van der Waals surface area contributed by atoms with Gasteiger partial charge in [-0.3, -0.25) is 9.10 Å². The van der Waals surface area contributed by atoms with Gasteiger partial charge in [-0.05, 0) is 92.5 Å². The van der Waals surface area contributed by atoms with Gasteiger partial charge in [0.15, 0.2) is 0 Å². The van der Waals surface area contributed by atoms with E-state index in [-0.39, 0.29) is 23.4 Å².